The maximum Gasteiger partial charge on any atom is 0.286 e. The molecule has 0 saturated carbocycles. The van der Waals surface area contributed by atoms with Gasteiger partial charge in [0.2, 0.25) is 0 Å². The molecule has 21 heavy (non-hydrogen) atoms. The number of carbonyl (C=O) groups is 1. The molecule has 1 saturated heterocycles. The van der Waals surface area contributed by atoms with E-state index < -0.39 is 0 Å². The molecule has 0 atom stereocenters. The van der Waals surface area contributed by atoms with E-state index in [0.717, 1.165) is 23.8 Å². The summed E-state index contributed by atoms with van der Waals surface area (Å²) < 4.78 is 5.31. The van der Waals surface area contributed by atoms with E-state index in [1.165, 1.54) is 11.8 Å². The van der Waals surface area contributed by atoms with Crippen molar-refractivity contribution in [3.63, 3.8) is 0 Å². The first-order valence-electron chi connectivity index (χ1n) is 6.90. The Balaban J connectivity index is 1.64. The molecule has 0 unspecified atom stereocenters. The van der Waals surface area contributed by atoms with Crippen LogP contribution in [0.4, 0.5) is 0 Å². The minimum Gasteiger partial charge on any atom is -0.378 e. The number of amidine groups is 1. The van der Waals surface area contributed by atoms with Crippen molar-refractivity contribution in [2.45, 2.75) is 0 Å². The van der Waals surface area contributed by atoms with Gasteiger partial charge in [-0.2, -0.15) is 4.99 Å². The summed E-state index contributed by atoms with van der Waals surface area (Å²) >= 11 is 1.44. The van der Waals surface area contributed by atoms with Gasteiger partial charge in [0.15, 0.2) is 5.17 Å². The average Bonchev–Trinajstić information content (AvgIpc) is 2.91. The second-order valence-corrected chi connectivity index (χ2v) is 5.71. The molecule has 1 fully saturated rings. The highest BCUT2D eigenvalue weighted by molar-refractivity contribution is 8.18. The second kappa shape index (κ2) is 6.74. The Kier molecular flexibility index (Phi) is 4.52. The molecule has 2 aliphatic rings. The predicted octanol–water partition coefficient (Wildman–Crippen LogP) is 2.55. The van der Waals surface area contributed by atoms with Crippen LogP contribution in [0, 0.1) is 0 Å². The Labute approximate surface area is 128 Å². The van der Waals surface area contributed by atoms with Crippen LogP contribution < -0.4 is 0 Å². The van der Waals surface area contributed by atoms with Gasteiger partial charge >= 0.3 is 0 Å². The van der Waals surface area contributed by atoms with Crippen LogP contribution >= 0.6 is 11.8 Å². The van der Waals surface area contributed by atoms with Crippen LogP contribution in [0.2, 0.25) is 0 Å². The van der Waals surface area contributed by atoms with E-state index in [9.17, 15) is 4.79 Å². The van der Waals surface area contributed by atoms with Gasteiger partial charge in [0.05, 0.1) is 18.1 Å². The average molecular weight is 300 g/mol. The number of ether oxygens (including phenoxy) is 1. The smallest absolute Gasteiger partial charge is 0.286 e. The third-order valence-corrected chi connectivity index (χ3v) is 4.29. The van der Waals surface area contributed by atoms with Crippen LogP contribution in [0.25, 0.3) is 6.08 Å². The lowest BCUT2D eigenvalue weighted by Crippen LogP contribution is -2.38. The standard InChI is InChI=1S/C16H16N2O2S/c19-15-14(8-4-7-13-5-2-1-3-6-13)21-16(17-15)18-9-11-20-12-10-18/h1-8H,9-12H2/b7-4+,14-8-. The fourth-order valence-corrected chi connectivity index (χ4v) is 3.03. The first kappa shape index (κ1) is 14.1. The lowest BCUT2D eigenvalue weighted by Gasteiger charge is -2.27. The van der Waals surface area contributed by atoms with Gasteiger partial charge in [-0.15, -0.1) is 0 Å². The highest BCUT2D eigenvalue weighted by Crippen LogP contribution is 2.28. The van der Waals surface area contributed by atoms with Gasteiger partial charge < -0.3 is 9.64 Å². The van der Waals surface area contributed by atoms with E-state index in [4.69, 9.17) is 4.74 Å². The van der Waals surface area contributed by atoms with Crippen molar-refractivity contribution in [1.29, 1.82) is 0 Å². The minimum absolute atomic E-state index is 0.154. The summed E-state index contributed by atoms with van der Waals surface area (Å²) in [4.78, 5) is 18.8. The third-order valence-electron chi connectivity index (χ3n) is 3.23. The summed E-state index contributed by atoms with van der Waals surface area (Å²) in [5.41, 5.74) is 1.11. The fraction of sp³-hybridized carbons (Fsp3) is 0.250. The van der Waals surface area contributed by atoms with Gasteiger partial charge in [0.1, 0.15) is 0 Å². The molecular formula is C16H16N2O2S. The molecular weight excluding hydrogens is 284 g/mol. The number of benzene rings is 1. The van der Waals surface area contributed by atoms with Gasteiger partial charge in [-0.3, -0.25) is 4.79 Å². The van der Waals surface area contributed by atoms with E-state index in [-0.39, 0.29) is 5.91 Å². The van der Waals surface area contributed by atoms with Gasteiger partial charge in [-0.25, -0.2) is 0 Å². The lowest BCUT2D eigenvalue weighted by molar-refractivity contribution is -0.113. The Bertz CT molecular complexity index is 602. The molecule has 108 valence electrons. The molecule has 2 heterocycles. The van der Waals surface area contributed by atoms with Crippen LogP contribution in [0.15, 0.2) is 52.4 Å². The third kappa shape index (κ3) is 3.62. The SMILES string of the molecule is O=C1N=C(N2CCOCC2)S/C1=C\C=C\c1ccccc1. The monoisotopic (exact) mass is 300 g/mol. The molecule has 3 rings (SSSR count). The first-order valence-corrected chi connectivity index (χ1v) is 7.71. The van der Waals surface area contributed by atoms with Crippen molar-refractivity contribution in [3.8, 4) is 0 Å². The molecule has 1 aromatic rings. The number of amides is 1. The largest absolute Gasteiger partial charge is 0.378 e. The zero-order valence-corrected chi connectivity index (χ0v) is 12.4. The molecule has 1 amide bonds. The highest BCUT2D eigenvalue weighted by Gasteiger charge is 2.26. The van der Waals surface area contributed by atoms with E-state index in [1.54, 1.807) is 0 Å². The van der Waals surface area contributed by atoms with Crippen LogP contribution in [0.3, 0.4) is 0 Å². The fourth-order valence-electron chi connectivity index (χ4n) is 2.11. The van der Waals surface area contributed by atoms with Crippen LogP contribution in [-0.2, 0) is 9.53 Å². The topological polar surface area (TPSA) is 41.9 Å². The second-order valence-electron chi connectivity index (χ2n) is 4.70. The summed E-state index contributed by atoms with van der Waals surface area (Å²) in [6, 6.07) is 10.0. The zero-order valence-electron chi connectivity index (χ0n) is 11.6. The molecule has 5 heteroatoms. The zero-order chi connectivity index (χ0) is 14.5. The predicted molar refractivity (Wildman–Crippen MR) is 86.0 cm³/mol. The number of carbonyl (C=O) groups excluding carboxylic acids is 1. The Hall–Kier alpha value is -1.85. The molecule has 0 spiro atoms. The maximum absolute atomic E-state index is 11.9. The minimum atomic E-state index is -0.154. The quantitative estimate of drug-likeness (QED) is 0.787. The molecule has 0 N–H and O–H groups in total. The number of thioether (sulfide) groups is 1. The summed E-state index contributed by atoms with van der Waals surface area (Å²) in [7, 11) is 0. The van der Waals surface area contributed by atoms with Crippen LogP contribution in [-0.4, -0.2) is 42.3 Å². The number of rotatable bonds is 2. The Morgan fingerprint density at radius 3 is 2.71 bits per heavy atom. The normalized spacial score (nSPS) is 21.3. The van der Waals surface area contributed by atoms with Crippen LogP contribution in [0.5, 0.6) is 0 Å². The molecule has 0 aliphatic carbocycles. The summed E-state index contributed by atoms with van der Waals surface area (Å²) in [6.45, 7) is 2.99. The summed E-state index contributed by atoms with van der Waals surface area (Å²) in [5, 5.41) is 0.794. The number of aliphatic imine (C=N–C) groups is 1. The summed E-state index contributed by atoms with van der Waals surface area (Å²) in [6.07, 6.45) is 5.71. The first-order chi connectivity index (χ1) is 10.3. The lowest BCUT2D eigenvalue weighted by atomic mass is 10.2. The number of morpholine rings is 1. The van der Waals surface area contributed by atoms with E-state index in [2.05, 4.69) is 9.89 Å². The number of nitrogens with zero attached hydrogens (tertiary/aromatic N) is 2. The highest BCUT2D eigenvalue weighted by atomic mass is 32.2. The Morgan fingerprint density at radius 2 is 1.95 bits per heavy atom. The van der Waals surface area contributed by atoms with Gasteiger partial charge in [-0.05, 0) is 23.4 Å². The molecule has 0 aromatic heterocycles. The maximum atomic E-state index is 11.9. The van der Waals surface area contributed by atoms with Crippen molar-refractivity contribution in [2.75, 3.05) is 26.3 Å². The molecule has 0 radical (unpaired) electrons. The molecule has 4 nitrogen and oxygen atoms in total. The van der Waals surface area contributed by atoms with Crippen molar-refractivity contribution in [2.24, 2.45) is 4.99 Å². The van der Waals surface area contributed by atoms with Crippen LogP contribution in [0.1, 0.15) is 5.56 Å². The van der Waals surface area contributed by atoms with E-state index in [0.29, 0.717) is 18.1 Å². The van der Waals surface area contributed by atoms with Crippen molar-refractivity contribution in [1.82, 2.24) is 4.90 Å². The van der Waals surface area contributed by atoms with Gasteiger partial charge in [-0.1, -0.05) is 42.5 Å². The van der Waals surface area contributed by atoms with Gasteiger partial charge in [0, 0.05) is 13.1 Å². The van der Waals surface area contributed by atoms with Gasteiger partial charge in [0.25, 0.3) is 5.91 Å². The summed E-state index contributed by atoms with van der Waals surface area (Å²) in [5.74, 6) is -0.154. The number of hydrogen-bond acceptors (Lipinski definition) is 4. The molecule has 2 aliphatic heterocycles. The number of hydrogen-bond donors (Lipinski definition) is 0. The van der Waals surface area contributed by atoms with E-state index in [1.807, 2.05) is 48.6 Å². The van der Waals surface area contributed by atoms with Crippen molar-refractivity contribution < 1.29 is 9.53 Å². The van der Waals surface area contributed by atoms with Crippen molar-refractivity contribution >= 4 is 28.9 Å². The van der Waals surface area contributed by atoms with Crippen molar-refractivity contribution in [3.05, 3.63) is 53.0 Å². The molecule has 1 aromatic carbocycles. The molecule has 0 bridgehead atoms. The number of allylic oxidation sites excluding steroid dienone is 2. The van der Waals surface area contributed by atoms with E-state index >= 15 is 0 Å². The Morgan fingerprint density at radius 1 is 1.19 bits per heavy atom.